The van der Waals surface area contributed by atoms with Gasteiger partial charge < -0.3 is 4.90 Å². The summed E-state index contributed by atoms with van der Waals surface area (Å²) >= 11 is 5.50. The average molecular weight is 327 g/mol. The molecule has 0 aliphatic carbocycles. The Hall–Kier alpha value is -2.32. The van der Waals surface area contributed by atoms with Gasteiger partial charge in [0.05, 0.1) is 6.67 Å². The van der Waals surface area contributed by atoms with Gasteiger partial charge in [-0.2, -0.15) is 5.10 Å². The molecule has 7 nitrogen and oxygen atoms in total. The van der Waals surface area contributed by atoms with Crippen molar-refractivity contribution in [3.05, 3.63) is 47.6 Å². The molecule has 0 N–H and O–H groups in total. The van der Waals surface area contributed by atoms with Crippen LogP contribution < -0.4 is 4.90 Å². The Labute approximate surface area is 138 Å². The number of piperazine rings is 1. The second kappa shape index (κ2) is 6.05. The van der Waals surface area contributed by atoms with Crippen molar-refractivity contribution in [2.75, 3.05) is 31.1 Å². The molecule has 0 spiro atoms. The molecule has 0 saturated carbocycles. The predicted molar refractivity (Wildman–Crippen MR) is 89.8 cm³/mol. The van der Waals surface area contributed by atoms with E-state index in [9.17, 15) is 0 Å². The van der Waals surface area contributed by atoms with Gasteiger partial charge in [0.25, 0.3) is 0 Å². The summed E-state index contributed by atoms with van der Waals surface area (Å²) < 4.78 is 4.55. The van der Waals surface area contributed by atoms with Gasteiger partial charge in [0.15, 0.2) is 5.65 Å². The molecule has 4 rings (SSSR count). The van der Waals surface area contributed by atoms with Crippen LogP contribution in [0.5, 0.6) is 0 Å². The highest BCUT2D eigenvalue weighted by molar-refractivity contribution is 7.71. The molecule has 0 bridgehead atoms. The topological polar surface area (TPSA) is 54.5 Å². The van der Waals surface area contributed by atoms with Gasteiger partial charge in [-0.25, -0.2) is 14.6 Å². The van der Waals surface area contributed by atoms with Crippen molar-refractivity contribution in [1.29, 1.82) is 0 Å². The van der Waals surface area contributed by atoms with Crippen LogP contribution >= 0.6 is 12.2 Å². The number of aromatic nitrogens is 5. The Morgan fingerprint density at radius 1 is 1.00 bits per heavy atom. The number of hydrogen-bond donors (Lipinski definition) is 0. The summed E-state index contributed by atoms with van der Waals surface area (Å²) in [5.74, 6) is 0.802. The highest BCUT2D eigenvalue weighted by Gasteiger charge is 2.19. The van der Waals surface area contributed by atoms with Gasteiger partial charge in [0.1, 0.15) is 0 Å². The fraction of sp³-hybridized carbons (Fsp3) is 0.333. The van der Waals surface area contributed by atoms with E-state index in [-0.39, 0.29) is 0 Å². The molecule has 1 saturated heterocycles. The Morgan fingerprint density at radius 3 is 2.52 bits per heavy atom. The Balaban J connectivity index is 1.45. The van der Waals surface area contributed by atoms with Gasteiger partial charge in [-0.1, -0.05) is 6.07 Å². The predicted octanol–water partition coefficient (Wildman–Crippen LogP) is 1.43. The number of anilines is 1. The van der Waals surface area contributed by atoms with Crippen molar-refractivity contribution in [3.8, 4) is 0 Å². The van der Waals surface area contributed by atoms with Crippen molar-refractivity contribution in [2.24, 2.45) is 0 Å². The second-order valence-electron chi connectivity index (χ2n) is 5.51. The van der Waals surface area contributed by atoms with Crippen molar-refractivity contribution in [3.63, 3.8) is 0 Å². The summed E-state index contributed by atoms with van der Waals surface area (Å²) in [5.41, 5.74) is 0.883. The summed E-state index contributed by atoms with van der Waals surface area (Å²) in [6, 6.07) is 7.75. The van der Waals surface area contributed by atoms with Crippen LogP contribution in [-0.4, -0.2) is 55.2 Å². The van der Waals surface area contributed by atoms with E-state index in [0.717, 1.165) is 42.5 Å². The monoisotopic (exact) mass is 327 g/mol. The second-order valence-corrected chi connectivity index (χ2v) is 5.87. The number of pyridine rings is 1. The number of nitrogens with zero attached hydrogens (tertiary/aromatic N) is 7. The molecule has 0 atom stereocenters. The maximum atomic E-state index is 5.50. The molecule has 8 heteroatoms. The first-order valence-corrected chi connectivity index (χ1v) is 8.00. The fourth-order valence-electron chi connectivity index (χ4n) is 2.79. The lowest BCUT2D eigenvalue weighted by molar-refractivity contribution is 0.194. The molecule has 0 unspecified atom stereocenters. The summed E-state index contributed by atoms with van der Waals surface area (Å²) in [7, 11) is 0. The van der Waals surface area contributed by atoms with Crippen molar-refractivity contribution in [1.82, 2.24) is 29.0 Å². The third-order valence-corrected chi connectivity index (χ3v) is 4.44. The Morgan fingerprint density at radius 2 is 1.78 bits per heavy atom. The molecule has 0 amide bonds. The van der Waals surface area contributed by atoms with Crippen LogP contribution in [-0.2, 0) is 6.67 Å². The minimum Gasteiger partial charge on any atom is -0.338 e. The molecule has 118 valence electrons. The molecule has 1 aliphatic rings. The SMILES string of the molecule is S=c1n(CN2CCN(c3ncccn3)CC2)nc2ccccn12. The quantitative estimate of drug-likeness (QED) is 0.679. The standard InChI is InChI=1S/C15H17N7S/c23-15-21-7-2-1-4-13(21)18-22(15)12-19-8-10-20(11-9-19)14-16-5-3-6-17-14/h1-7H,8-12H2. The largest absolute Gasteiger partial charge is 0.338 e. The minimum atomic E-state index is 0.712. The van der Waals surface area contributed by atoms with Gasteiger partial charge in [-0.15, -0.1) is 0 Å². The molecule has 0 radical (unpaired) electrons. The van der Waals surface area contributed by atoms with Crippen LogP contribution in [0.25, 0.3) is 5.65 Å². The number of hydrogen-bond acceptors (Lipinski definition) is 6. The molecule has 1 fully saturated rings. The minimum absolute atomic E-state index is 0.712. The summed E-state index contributed by atoms with van der Waals surface area (Å²) in [6.07, 6.45) is 5.52. The van der Waals surface area contributed by atoms with Gasteiger partial charge in [0.2, 0.25) is 10.7 Å². The van der Waals surface area contributed by atoms with E-state index >= 15 is 0 Å². The molecule has 23 heavy (non-hydrogen) atoms. The Bertz CT molecular complexity index is 849. The van der Waals surface area contributed by atoms with Gasteiger partial charge in [0, 0.05) is 44.8 Å². The average Bonchev–Trinajstić information content (AvgIpc) is 2.93. The first-order chi connectivity index (χ1) is 11.3. The van der Waals surface area contributed by atoms with E-state index in [1.54, 1.807) is 12.4 Å². The van der Waals surface area contributed by atoms with Crippen LogP contribution in [0.15, 0.2) is 42.9 Å². The molecule has 0 aromatic carbocycles. The zero-order valence-electron chi connectivity index (χ0n) is 12.6. The highest BCUT2D eigenvalue weighted by Crippen LogP contribution is 2.11. The molecule has 4 heterocycles. The normalized spacial score (nSPS) is 16.1. The van der Waals surface area contributed by atoms with Crippen molar-refractivity contribution in [2.45, 2.75) is 6.67 Å². The van der Waals surface area contributed by atoms with Crippen LogP contribution in [0.4, 0.5) is 5.95 Å². The molecule has 1 aliphatic heterocycles. The molecular formula is C15H17N7S. The van der Waals surface area contributed by atoms with E-state index < -0.39 is 0 Å². The van der Waals surface area contributed by atoms with Crippen LogP contribution in [0.3, 0.4) is 0 Å². The first-order valence-electron chi connectivity index (χ1n) is 7.60. The lowest BCUT2D eigenvalue weighted by Gasteiger charge is -2.34. The lowest BCUT2D eigenvalue weighted by atomic mass is 10.3. The third kappa shape index (κ3) is 2.82. The van der Waals surface area contributed by atoms with E-state index in [4.69, 9.17) is 12.2 Å². The van der Waals surface area contributed by atoms with Crippen molar-refractivity contribution < 1.29 is 0 Å². The van der Waals surface area contributed by atoms with Gasteiger partial charge >= 0.3 is 0 Å². The summed E-state index contributed by atoms with van der Waals surface area (Å²) in [4.78, 5) is 13.2. The van der Waals surface area contributed by atoms with Gasteiger partial charge in [-0.3, -0.25) is 9.30 Å². The van der Waals surface area contributed by atoms with Gasteiger partial charge in [-0.05, 0) is 30.4 Å². The lowest BCUT2D eigenvalue weighted by Crippen LogP contribution is -2.47. The molecule has 3 aromatic rings. The first kappa shape index (κ1) is 14.3. The summed E-state index contributed by atoms with van der Waals surface area (Å²) in [5, 5.41) is 4.58. The summed E-state index contributed by atoms with van der Waals surface area (Å²) in [6.45, 7) is 4.40. The van der Waals surface area contributed by atoms with Crippen LogP contribution in [0.2, 0.25) is 0 Å². The molecule has 3 aromatic heterocycles. The zero-order chi connectivity index (χ0) is 15.6. The van der Waals surface area contributed by atoms with E-state index in [2.05, 4.69) is 24.9 Å². The fourth-order valence-corrected chi connectivity index (χ4v) is 3.05. The van der Waals surface area contributed by atoms with Crippen molar-refractivity contribution >= 4 is 23.8 Å². The number of fused-ring (bicyclic) bond motifs is 1. The smallest absolute Gasteiger partial charge is 0.225 e. The molecular weight excluding hydrogens is 310 g/mol. The highest BCUT2D eigenvalue weighted by atomic mass is 32.1. The van der Waals surface area contributed by atoms with E-state index in [1.807, 2.05) is 39.5 Å². The van der Waals surface area contributed by atoms with Crippen LogP contribution in [0.1, 0.15) is 0 Å². The maximum absolute atomic E-state index is 5.50. The Kier molecular flexibility index (Phi) is 3.76. The third-order valence-electron chi connectivity index (χ3n) is 4.03. The number of rotatable bonds is 3. The zero-order valence-corrected chi connectivity index (χ0v) is 13.4. The van der Waals surface area contributed by atoms with E-state index in [0.29, 0.717) is 6.67 Å². The van der Waals surface area contributed by atoms with Crippen LogP contribution in [0, 0.1) is 4.77 Å². The van der Waals surface area contributed by atoms with E-state index in [1.165, 1.54) is 0 Å². The maximum Gasteiger partial charge on any atom is 0.225 e.